The highest BCUT2D eigenvalue weighted by Crippen LogP contribution is 2.18. The minimum atomic E-state index is 0.167. The lowest BCUT2D eigenvalue weighted by atomic mass is 9.98. The average molecular weight is 277 g/mol. The van der Waals surface area contributed by atoms with Gasteiger partial charge in [-0.2, -0.15) is 0 Å². The molecule has 0 spiro atoms. The van der Waals surface area contributed by atoms with Gasteiger partial charge in [0, 0.05) is 23.7 Å². The van der Waals surface area contributed by atoms with E-state index < -0.39 is 0 Å². The van der Waals surface area contributed by atoms with E-state index in [-0.39, 0.29) is 5.78 Å². The number of benzene rings is 2. The maximum Gasteiger partial charge on any atom is 0.167 e. The van der Waals surface area contributed by atoms with Gasteiger partial charge in [0.15, 0.2) is 5.78 Å². The molecule has 0 aliphatic heterocycles. The molecule has 0 saturated carbocycles. The van der Waals surface area contributed by atoms with Crippen molar-refractivity contribution in [3.05, 3.63) is 71.4 Å². The molecule has 2 heteroatoms. The maximum atomic E-state index is 12.4. The number of carbonyl (C=O) groups is 1. The van der Waals surface area contributed by atoms with E-state index in [1.807, 2.05) is 48.7 Å². The lowest BCUT2D eigenvalue weighted by Gasteiger charge is -2.06. The molecule has 0 fully saturated rings. The Hall–Kier alpha value is -2.35. The monoisotopic (exact) mass is 277 g/mol. The van der Waals surface area contributed by atoms with Gasteiger partial charge in [0.2, 0.25) is 0 Å². The first-order chi connectivity index (χ1) is 10.1. The SMILES string of the molecule is CC(C)c1ccc(C(=O)Cc2ccc3[nH]ccc3c2)cc1. The van der Waals surface area contributed by atoms with Gasteiger partial charge in [-0.3, -0.25) is 4.79 Å². The number of hydrogen-bond donors (Lipinski definition) is 1. The predicted octanol–water partition coefficient (Wildman–Crippen LogP) is 4.72. The average Bonchev–Trinajstić information content (AvgIpc) is 2.95. The molecule has 2 nitrogen and oxygen atoms in total. The molecule has 1 heterocycles. The van der Waals surface area contributed by atoms with Gasteiger partial charge in [-0.05, 0) is 40.6 Å². The molecule has 0 bridgehead atoms. The molecule has 0 aliphatic rings. The molecule has 3 aromatic rings. The molecule has 0 amide bonds. The van der Waals surface area contributed by atoms with E-state index in [2.05, 4.69) is 24.9 Å². The molecule has 0 unspecified atom stereocenters. The van der Waals surface area contributed by atoms with Crippen molar-refractivity contribution in [1.82, 2.24) is 4.98 Å². The Morgan fingerprint density at radius 1 is 1.05 bits per heavy atom. The van der Waals surface area contributed by atoms with Crippen molar-refractivity contribution in [3.63, 3.8) is 0 Å². The number of fused-ring (bicyclic) bond motifs is 1. The number of nitrogens with one attached hydrogen (secondary N) is 1. The zero-order valence-electron chi connectivity index (χ0n) is 12.4. The highest BCUT2D eigenvalue weighted by Gasteiger charge is 2.08. The standard InChI is InChI=1S/C19H19NO/c1-13(2)15-4-6-16(7-5-15)19(21)12-14-3-8-18-17(11-14)9-10-20-18/h3-11,13,20H,12H2,1-2H3. The third kappa shape index (κ3) is 2.89. The lowest BCUT2D eigenvalue weighted by Crippen LogP contribution is -2.03. The second-order valence-electron chi connectivity index (χ2n) is 5.78. The lowest BCUT2D eigenvalue weighted by molar-refractivity contribution is 0.0993. The van der Waals surface area contributed by atoms with Gasteiger partial charge in [-0.1, -0.05) is 44.2 Å². The second-order valence-corrected chi connectivity index (χ2v) is 5.78. The number of aromatic nitrogens is 1. The van der Waals surface area contributed by atoms with Gasteiger partial charge in [0.1, 0.15) is 0 Å². The maximum absolute atomic E-state index is 12.4. The number of Topliss-reactive ketones (excluding diaryl/α,β-unsaturated/α-hetero) is 1. The minimum absolute atomic E-state index is 0.167. The number of ketones is 1. The summed E-state index contributed by atoms with van der Waals surface area (Å²) in [6.45, 7) is 4.31. The molecule has 3 rings (SSSR count). The Balaban J connectivity index is 1.78. The molecule has 1 N–H and O–H groups in total. The zero-order valence-corrected chi connectivity index (χ0v) is 12.4. The van der Waals surface area contributed by atoms with Crippen LogP contribution in [-0.2, 0) is 6.42 Å². The van der Waals surface area contributed by atoms with E-state index in [9.17, 15) is 4.79 Å². The van der Waals surface area contributed by atoms with E-state index in [1.54, 1.807) is 0 Å². The predicted molar refractivity (Wildman–Crippen MR) is 86.9 cm³/mol. The van der Waals surface area contributed by atoms with Gasteiger partial charge in [-0.15, -0.1) is 0 Å². The molecule has 0 saturated heterocycles. The van der Waals surface area contributed by atoms with E-state index in [4.69, 9.17) is 0 Å². The summed E-state index contributed by atoms with van der Waals surface area (Å²) in [6, 6.07) is 16.1. The molecule has 0 aliphatic carbocycles. The summed E-state index contributed by atoms with van der Waals surface area (Å²) >= 11 is 0. The van der Waals surface area contributed by atoms with Crippen LogP contribution in [-0.4, -0.2) is 10.8 Å². The normalized spacial score (nSPS) is 11.2. The van der Waals surface area contributed by atoms with Crippen LogP contribution in [0.5, 0.6) is 0 Å². The van der Waals surface area contributed by atoms with E-state index in [0.29, 0.717) is 12.3 Å². The molecule has 106 valence electrons. The Bertz CT molecular complexity index is 766. The van der Waals surface area contributed by atoms with Gasteiger partial charge < -0.3 is 4.98 Å². The fourth-order valence-electron chi connectivity index (χ4n) is 2.55. The van der Waals surface area contributed by atoms with Crippen LogP contribution < -0.4 is 0 Å². The van der Waals surface area contributed by atoms with Crippen LogP contribution in [0.3, 0.4) is 0 Å². The van der Waals surface area contributed by atoms with Crippen LogP contribution in [0.25, 0.3) is 10.9 Å². The summed E-state index contributed by atoms with van der Waals surface area (Å²) < 4.78 is 0. The molecule has 21 heavy (non-hydrogen) atoms. The molecular formula is C19H19NO. The summed E-state index contributed by atoms with van der Waals surface area (Å²) in [5.41, 5.74) is 4.21. The molecule has 2 aromatic carbocycles. The topological polar surface area (TPSA) is 32.9 Å². The highest BCUT2D eigenvalue weighted by atomic mass is 16.1. The van der Waals surface area contributed by atoms with Gasteiger partial charge >= 0.3 is 0 Å². The van der Waals surface area contributed by atoms with E-state index in [0.717, 1.165) is 22.0 Å². The summed E-state index contributed by atoms with van der Waals surface area (Å²) in [5.74, 6) is 0.658. The van der Waals surface area contributed by atoms with Crippen molar-refractivity contribution >= 4 is 16.7 Å². The minimum Gasteiger partial charge on any atom is -0.361 e. The van der Waals surface area contributed by atoms with Gasteiger partial charge in [0.25, 0.3) is 0 Å². The number of hydrogen-bond acceptors (Lipinski definition) is 1. The molecular weight excluding hydrogens is 258 g/mol. The van der Waals surface area contributed by atoms with E-state index in [1.165, 1.54) is 5.56 Å². The van der Waals surface area contributed by atoms with Crippen LogP contribution in [0.15, 0.2) is 54.7 Å². The van der Waals surface area contributed by atoms with Crippen molar-refractivity contribution < 1.29 is 4.79 Å². The van der Waals surface area contributed by atoms with Crippen molar-refractivity contribution in [1.29, 1.82) is 0 Å². The van der Waals surface area contributed by atoms with Crippen molar-refractivity contribution in [2.45, 2.75) is 26.2 Å². The van der Waals surface area contributed by atoms with Gasteiger partial charge in [-0.25, -0.2) is 0 Å². The number of rotatable bonds is 4. The Morgan fingerprint density at radius 2 is 1.81 bits per heavy atom. The van der Waals surface area contributed by atoms with Crippen LogP contribution in [0.2, 0.25) is 0 Å². The number of H-pyrrole nitrogens is 1. The smallest absolute Gasteiger partial charge is 0.167 e. The van der Waals surface area contributed by atoms with Crippen molar-refractivity contribution in [3.8, 4) is 0 Å². The van der Waals surface area contributed by atoms with Crippen molar-refractivity contribution in [2.24, 2.45) is 0 Å². The Labute approximate surface area is 124 Å². The molecule has 0 atom stereocenters. The van der Waals surface area contributed by atoms with Crippen LogP contribution in [0, 0.1) is 0 Å². The quantitative estimate of drug-likeness (QED) is 0.688. The zero-order chi connectivity index (χ0) is 14.8. The summed E-state index contributed by atoms with van der Waals surface area (Å²) in [5, 5.41) is 1.15. The third-order valence-electron chi connectivity index (χ3n) is 3.88. The second kappa shape index (κ2) is 5.57. The highest BCUT2D eigenvalue weighted by molar-refractivity contribution is 5.98. The first-order valence-electron chi connectivity index (χ1n) is 7.32. The Morgan fingerprint density at radius 3 is 2.52 bits per heavy atom. The summed E-state index contributed by atoms with van der Waals surface area (Å²) in [7, 11) is 0. The van der Waals surface area contributed by atoms with Crippen LogP contribution in [0.1, 0.15) is 41.3 Å². The van der Waals surface area contributed by atoms with Gasteiger partial charge in [0.05, 0.1) is 0 Å². The summed E-state index contributed by atoms with van der Waals surface area (Å²) in [4.78, 5) is 15.5. The van der Waals surface area contributed by atoms with E-state index >= 15 is 0 Å². The number of aromatic amines is 1. The largest absolute Gasteiger partial charge is 0.361 e. The van der Waals surface area contributed by atoms with Crippen LogP contribution >= 0.6 is 0 Å². The third-order valence-corrected chi connectivity index (χ3v) is 3.88. The molecule has 1 aromatic heterocycles. The fourth-order valence-corrected chi connectivity index (χ4v) is 2.55. The van der Waals surface area contributed by atoms with Crippen molar-refractivity contribution in [2.75, 3.05) is 0 Å². The fraction of sp³-hybridized carbons (Fsp3) is 0.211. The first kappa shape index (κ1) is 13.6. The number of carbonyl (C=O) groups excluding carboxylic acids is 1. The molecule has 0 radical (unpaired) electrons. The summed E-state index contributed by atoms with van der Waals surface area (Å²) in [6.07, 6.45) is 2.36. The first-order valence-corrected chi connectivity index (χ1v) is 7.32. The Kier molecular flexibility index (Phi) is 3.61. The van der Waals surface area contributed by atoms with Crippen LogP contribution in [0.4, 0.5) is 0 Å².